The highest BCUT2D eigenvalue weighted by molar-refractivity contribution is 5.41. The summed E-state index contributed by atoms with van der Waals surface area (Å²) in [7, 11) is 0. The largest absolute Gasteiger partial charge is 0.207 e. The second kappa shape index (κ2) is 3.13. The first-order valence-corrected chi connectivity index (χ1v) is 4.79. The summed E-state index contributed by atoms with van der Waals surface area (Å²) in [5.74, 6) is 1.67. The van der Waals surface area contributed by atoms with E-state index in [0.29, 0.717) is 5.92 Å². The van der Waals surface area contributed by atoms with Crippen LogP contribution in [0.1, 0.15) is 43.7 Å². The Kier molecular flexibility index (Phi) is 2.10. The van der Waals surface area contributed by atoms with E-state index in [0.717, 1.165) is 24.0 Å². The van der Waals surface area contributed by atoms with Crippen LogP contribution in [0.5, 0.6) is 0 Å². The first kappa shape index (κ1) is 8.74. The lowest BCUT2D eigenvalue weighted by Gasteiger charge is -2.12. The van der Waals surface area contributed by atoms with E-state index >= 15 is 0 Å². The highest BCUT2D eigenvalue weighted by Crippen LogP contribution is 2.44. The SMILES string of the molecule is C[C](C)c1cccc(F)c1C1CC1. The third-order valence-electron chi connectivity index (χ3n) is 2.58. The van der Waals surface area contributed by atoms with Gasteiger partial charge in [-0.05, 0) is 41.9 Å². The lowest BCUT2D eigenvalue weighted by molar-refractivity contribution is 0.608. The van der Waals surface area contributed by atoms with Crippen molar-refractivity contribution < 1.29 is 4.39 Å². The van der Waals surface area contributed by atoms with E-state index in [9.17, 15) is 4.39 Å². The molecule has 1 saturated carbocycles. The molecule has 0 aliphatic heterocycles. The van der Waals surface area contributed by atoms with Gasteiger partial charge in [0, 0.05) is 0 Å². The van der Waals surface area contributed by atoms with Crippen LogP contribution in [0.2, 0.25) is 0 Å². The number of halogens is 1. The minimum atomic E-state index is -0.0267. The Bertz CT molecular complexity index is 311. The van der Waals surface area contributed by atoms with Crippen LogP contribution in [0, 0.1) is 11.7 Å². The van der Waals surface area contributed by atoms with Gasteiger partial charge in [0.1, 0.15) is 5.82 Å². The minimum Gasteiger partial charge on any atom is -0.207 e. The third kappa shape index (κ3) is 1.60. The molecule has 1 radical (unpaired) electrons. The monoisotopic (exact) mass is 177 g/mol. The summed E-state index contributed by atoms with van der Waals surface area (Å²) in [6.45, 7) is 4.08. The molecule has 1 fully saturated rings. The first-order chi connectivity index (χ1) is 6.20. The van der Waals surface area contributed by atoms with Crippen molar-refractivity contribution in [3.63, 3.8) is 0 Å². The van der Waals surface area contributed by atoms with E-state index in [4.69, 9.17) is 0 Å². The zero-order valence-corrected chi connectivity index (χ0v) is 8.10. The molecule has 1 aromatic rings. The summed E-state index contributed by atoms with van der Waals surface area (Å²) >= 11 is 0. The van der Waals surface area contributed by atoms with Crippen molar-refractivity contribution >= 4 is 0 Å². The van der Waals surface area contributed by atoms with Gasteiger partial charge < -0.3 is 0 Å². The quantitative estimate of drug-likeness (QED) is 0.646. The average molecular weight is 177 g/mol. The van der Waals surface area contributed by atoms with E-state index < -0.39 is 0 Å². The van der Waals surface area contributed by atoms with Gasteiger partial charge in [-0.2, -0.15) is 0 Å². The van der Waals surface area contributed by atoms with Gasteiger partial charge in [-0.15, -0.1) is 0 Å². The van der Waals surface area contributed by atoms with Crippen molar-refractivity contribution in [2.24, 2.45) is 0 Å². The molecule has 1 heteroatoms. The summed E-state index contributed by atoms with van der Waals surface area (Å²) in [5.41, 5.74) is 2.06. The van der Waals surface area contributed by atoms with Gasteiger partial charge in [-0.25, -0.2) is 4.39 Å². The van der Waals surface area contributed by atoms with Gasteiger partial charge in [0.2, 0.25) is 0 Å². The molecule has 0 spiro atoms. The smallest absolute Gasteiger partial charge is 0.126 e. The van der Waals surface area contributed by atoms with E-state index in [1.54, 1.807) is 12.1 Å². The van der Waals surface area contributed by atoms with E-state index in [1.165, 1.54) is 5.92 Å². The van der Waals surface area contributed by atoms with Crippen LogP contribution in [-0.2, 0) is 0 Å². The molecule has 0 unspecified atom stereocenters. The number of rotatable bonds is 2. The molecule has 0 nitrogen and oxygen atoms in total. The van der Waals surface area contributed by atoms with Crippen LogP contribution in [0.3, 0.4) is 0 Å². The fourth-order valence-electron chi connectivity index (χ4n) is 1.76. The Balaban J connectivity index is 2.47. The summed E-state index contributed by atoms with van der Waals surface area (Å²) in [5, 5.41) is 0. The maximum absolute atomic E-state index is 13.5. The molecule has 1 aliphatic rings. The van der Waals surface area contributed by atoms with E-state index in [-0.39, 0.29) is 5.82 Å². The molecule has 0 aromatic heterocycles. The zero-order valence-electron chi connectivity index (χ0n) is 8.10. The molecule has 0 atom stereocenters. The predicted octanol–water partition coefficient (Wildman–Crippen LogP) is 3.67. The van der Waals surface area contributed by atoms with Crippen molar-refractivity contribution in [3.8, 4) is 0 Å². The zero-order chi connectivity index (χ0) is 9.42. The lowest BCUT2D eigenvalue weighted by atomic mass is 9.94. The molecule has 0 bridgehead atoms. The summed E-state index contributed by atoms with van der Waals surface area (Å²) in [6.07, 6.45) is 2.31. The fourth-order valence-corrected chi connectivity index (χ4v) is 1.76. The highest BCUT2D eigenvalue weighted by Gasteiger charge is 2.29. The number of hydrogen-bond acceptors (Lipinski definition) is 0. The first-order valence-electron chi connectivity index (χ1n) is 4.79. The Morgan fingerprint density at radius 3 is 2.54 bits per heavy atom. The Morgan fingerprint density at radius 1 is 1.31 bits per heavy atom. The molecule has 1 aliphatic carbocycles. The van der Waals surface area contributed by atoms with Crippen molar-refractivity contribution in [2.75, 3.05) is 0 Å². The van der Waals surface area contributed by atoms with Gasteiger partial charge in [-0.1, -0.05) is 26.0 Å². The molecule has 0 saturated heterocycles. The molecule has 13 heavy (non-hydrogen) atoms. The van der Waals surface area contributed by atoms with Crippen molar-refractivity contribution in [1.29, 1.82) is 0 Å². The van der Waals surface area contributed by atoms with Crippen LogP contribution < -0.4 is 0 Å². The topological polar surface area (TPSA) is 0 Å². The van der Waals surface area contributed by atoms with Crippen molar-refractivity contribution in [3.05, 3.63) is 41.1 Å². The molecular weight excluding hydrogens is 163 g/mol. The normalized spacial score (nSPS) is 16.6. The van der Waals surface area contributed by atoms with Crippen LogP contribution in [0.15, 0.2) is 18.2 Å². The summed E-state index contributed by atoms with van der Waals surface area (Å²) in [6, 6.07) is 5.38. The van der Waals surface area contributed by atoms with Gasteiger partial charge in [0.15, 0.2) is 0 Å². The molecule has 0 heterocycles. The molecule has 2 rings (SSSR count). The Hall–Kier alpha value is -0.850. The van der Waals surface area contributed by atoms with Crippen LogP contribution >= 0.6 is 0 Å². The van der Waals surface area contributed by atoms with E-state index in [2.05, 4.69) is 0 Å². The van der Waals surface area contributed by atoms with Crippen LogP contribution in [0.4, 0.5) is 4.39 Å². The molecule has 0 N–H and O–H groups in total. The standard InChI is InChI=1S/C12H14F/c1-8(2)10-4-3-5-11(13)12(10)9-6-7-9/h3-5,9H,6-7H2,1-2H3. The van der Waals surface area contributed by atoms with Crippen molar-refractivity contribution in [1.82, 2.24) is 0 Å². The van der Waals surface area contributed by atoms with Gasteiger partial charge in [0.25, 0.3) is 0 Å². The lowest BCUT2D eigenvalue weighted by Crippen LogP contribution is -1.98. The second-order valence-corrected chi connectivity index (χ2v) is 3.98. The predicted molar refractivity (Wildman–Crippen MR) is 52.1 cm³/mol. The van der Waals surface area contributed by atoms with Crippen molar-refractivity contribution in [2.45, 2.75) is 32.6 Å². The summed E-state index contributed by atoms with van der Waals surface area (Å²) < 4.78 is 13.5. The Morgan fingerprint density at radius 2 is 2.00 bits per heavy atom. The fraction of sp³-hybridized carbons (Fsp3) is 0.417. The maximum atomic E-state index is 13.5. The van der Waals surface area contributed by atoms with Gasteiger partial charge in [0.05, 0.1) is 0 Å². The summed E-state index contributed by atoms with van der Waals surface area (Å²) in [4.78, 5) is 0. The number of benzene rings is 1. The number of hydrogen-bond donors (Lipinski definition) is 0. The highest BCUT2D eigenvalue weighted by atomic mass is 19.1. The molecule has 0 amide bonds. The molecular formula is C12H14F. The van der Waals surface area contributed by atoms with Gasteiger partial charge >= 0.3 is 0 Å². The van der Waals surface area contributed by atoms with Gasteiger partial charge in [-0.3, -0.25) is 0 Å². The average Bonchev–Trinajstić information content (AvgIpc) is 2.86. The van der Waals surface area contributed by atoms with E-state index in [1.807, 2.05) is 19.9 Å². The van der Waals surface area contributed by atoms with Crippen LogP contribution in [-0.4, -0.2) is 0 Å². The third-order valence-corrected chi connectivity index (χ3v) is 2.58. The molecule has 1 aromatic carbocycles. The minimum absolute atomic E-state index is 0.0267. The Labute approximate surface area is 78.8 Å². The second-order valence-electron chi connectivity index (χ2n) is 3.98. The van der Waals surface area contributed by atoms with Crippen LogP contribution in [0.25, 0.3) is 0 Å². The molecule has 69 valence electrons. The maximum Gasteiger partial charge on any atom is 0.126 e.